The van der Waals surface area contributed by atoms with Gasteiger partial charge < -0.3 is 5.32 Å². The van der Waals surface area contributed by atoms with Crippen molar-refractivity contribution in [3.8, 4) is 10.6 Å². The minimum atomic E-state index is 0.740. The maximum atomic E-state index is 4.61. The molecule has 4 rings (SSSR count). The van der Waals surface area contributed by atoms with Crippen molar-refractivity contribution in [3.63, 3.8) is 0 Å². The van der Waals surface area contributed by atoms with Gasteiger partial charge in [-0.3, -0.25) is 0 Å². The highest BCUT2D eigenvalue weighted by Gasteiger charge is 2.16. The van der Waals surface area contributed by atoms with Gasteiger partial charge in [0, 0.05) is 30.2 Å². The molecule has 0 amide bonds. The Morgan fingerprint density at radius 1 is 1.16 bits per heavy atom. The molecular weight excluding hydrogens is 256 g/mol. The molecule has 0 bridgehead atoms. The molecule has 0 unspecified atom stereocenters. The van der Waals surface area contributed by atoms with Gasteiger partial charge in [0.05, 0.1) is 0 Å². The molecule has 4 nitrogen and oxygen atoms in total. The fraction of sp³-hybridized carbons (Fsp3) is 0.214. The van der Waals surface area contributed by atoms with E-state index in [1.54, 1.807) is 23.7 Å². The average Bonchev–Trinajstić information content (AvgIpc) is 2.90. The maximum Gasteiger partial charge on any atom is 0.190 e. The van der Waals surface area contributed by atoms with Crippen LogP contribution in [0.2, 0.25) is 0 Å². The number of thiazole rings is 1. The quantitative estimate of drug-likeness (QED) is 0.736. The first kappa shape index (κ1) is 10.9. The molecule has 1 aliphatic heterocycles. The normalized spacial score (nSPS) is 14.1. The number of benzene rings is 1. The fourth-order valence-electron chi connectivity index (χ4n) is 2.50. The number of aromatic nitrogens is 3. The zero-order chi connectivity index (χ0) is 12.7. The molecule has 1 aliphatic rings. The predicted molar refractivity (Wildman–Crippen MR) is 77.5 cm³/mol. The molecular formula is C14H12N4S. The zero-order valence-corrected chi connectivity index (χ0v) is 11.1. The van der Waals surface area contributed by atoms with E-state index in [2.05, 4.69) is 38.5 Å². The number of rotatable bonds is 1. The largest absolute Gasteiger partial charge is 0.385 e. The molecule has 5 heteroatoms. The van der Waals surface area contributed by atoms with Gasteiger partial charge in [-0.2, -0.15) is 0 Å². The minimum absolute atomic E-state index is 0.740. The Kier molecular flexibility index (Phi) is 2.45. The van der Waals surface area contributed by atoms with E-state index >= 15 is 0 Å². The SMILES string of the molecule is c1cc2c(c(-c3nc4nccnc4s3)c1)CCCN2. The summed E-state index contributed by atoms with van der Waals surface area (Å²) in [5.41, 5.74) is 4.56. The maximum absolute atomic E-state index is 4.61. The van der Waals surface area contributed by atoms with Gasteiger partial charge in [-0.15, -0.1) is 0 Å². The van der Waals surface area contributed by atoms with Crippen LogP contribution in [-0.4, -0.2) is 21.5 Å². The van der Waals surface area contributed by atoms with Gasteiger partial charge in [-0.1, -0.05) is 23.5 Å². The zero-order valence-electron chi connectivity index (χ0n) is 10.3. The Hall–Kier alpha value is -2.01. The lowest BCUT2D eigenvalue weighted by Gasteiger charge is -2.19. The Morgan fingerprint density at radius 2 is 2.11 bits per heavy atom. The van der Waals surface area contributed by atoms with Crippen molar-refractivity contribution in [2.75, 3.05) is 11.9 Å². The van der Waals surface area contributed by atoms with Crippen molar-refractivity contribution in [1.82, 2.24) is 15.0 Å². The molecule has 19 heavy (non-hydrogen) atoms. The van der Waals surface area contributed by atoms with E-state index in [1.807, 2.05) is 0 Å². The molecule has 3 heterocycles. The van der Waals surface area contributed by atoms with E-state index < -0.39 is 0 Å². The molecule has 2 aromatic heterocycles. The van der Waals surface area contributed by atoms with Crippen LogP contribution in [0, 0.1) is 0 Å². The standard InChI is InChI=1S/C14H12N4S/c1-3-10(9-4-2-6-15-11(9)5-1)13-18-12-14(19-13)17-8-7-16-12/h1,3,5,7-8,15H,2,4,6H2. The van der Waals surface area contributed by atoms with E-state index in [4.69, 9.17) is 0 Å². The molecule has 0 spiro atoms. The van der Waals surface area contributed by atoms with Crippen molar-refractivity contribution >= 4 is 27.5 Å². The van der Waals surface area contributed by atoms with Crippen molar-refractivity contribution in [2.24, 2.45) is 0 Å². The molecule has 3 aromatic rings. The highest BCUT2D eigenvalue weighted by atomic mass is 32.1. The molecule has 0 aliphatic carbocycles. The lowest BCUT2D eigenvalue weighted by atomic mass is 9.98. The lowest BCUT2D eigenvalue weighted by Crippen LogP contribution is -2.12. The van der Waals surface area contributed by atoms with Crippen molar-refractivity contribution in [1.29, 1.82) is 0 Å². The monoisotopic (exact) mass is 268 g/mol. The predicted octanol–water partition coefficient (Wildman–Crippen LogP) is 3.11. The van der Waals surface area contributed by atoms with Gasteiger partial charge in [0.25, 0.3) is 0 Å². The van der Waals surface area contributed by atoms with Crippen LogP contribution in [0.4, 0.5) is 5.69 Å². The van der Waals surface area contributed by atoms with Crippen LogP contribution in [0.5, 0.6) is 0 Å². The van der Waals surface area contributed by atoms with Gasteiger partial charge in [0.15, 0.2) is 10.5 Å². The summed E-state index contributed by atoms with van der Waals surface area (Å²) >= 11 is 1.61. The summed E-state index contributed by atoms with van der Waals surface area (Å²) in [5.74, 6) is 0. The van der Waals surface area contributed by atoms with Crippen LogP contribution in [0.1, 0.15) is 12.0 Å². The molecule has 0 saturated carbocycles. The van der Waals surface area contributed by atoms with Crippen molar-refractivity contribution in [3.05, 3.63) is 36.2 Å². The molecule has 0 atom stereocenters. The van der Waals surface area contributed by atoms with Crippen LogP contribution in [0.15, 0.2) is 30.6 Å². The highest BCUT2D eigenvalue weighted by Crippen LogP contribution is 2.35. The van der Waals surface area contributed by atoms with Gasteiger partial charge in [-0.25, -0.2) is 15.0 Å². The second-order valence-corrected chi connectivity index (χ2v) is 5.54. The summed E-state index contributed by atoms with van der Waals surface area (Å²) in [7, 11) is 0. The van der Waals surface area contributed by atoms with Gasteiger partial charge in [-0.05, 0) is 24.5 Å². The third kappa shape index (κ3) is 1.77. The topological polar surface area (TPSA) is 50.7 Å². The van der Waals surface area contributed by atoms with Crippen LogP contribution < -0.4 is 5.32 Å². The Balaban J connectivity index is 1.92. The van der Waals surface area contributed by atoms with E-state index in [9.17, 15) is 0 Å². The Labute approximate surface area is 114 Å². The van der Waals surface area contributed by atoms with Gasteiger partial charge in [0.1, 0.15) is 5.01 Å². The molecule has 0 saturated heterocycles. The first-order valence-electron chi connectivity index (χ1n) is 6.35. The molecule has 0 fully saturated rings. The molecule has 94 valence electrons. The van der Waals surface area contributed by atoms with Crippen LogP contribution in [0.25, 0.3) is 21.0 Å². The summed E-state index contributed by atoms with van der Waals surface area (Å²) < 4.78 is 0. The minimum Gasteiger partial charge on any atom is -0.385 e. The average molecular weight is 268 g/mol. The number of nitrogens with one attached hydrogen (secondary N) is 1. The third-order valence-electron chi connectivity index (χ3n) is 3.37. The summed E-state index contributed by atoms with van der Waals surface area (Å²) in [6.07, 6.45) is 5.68. The first-order valence-corrected chi connectivity index (χ1v) is 7.17. The number of fused-ring (bicyclic) bond motifs is 2. The smallest absolute Gasteiger partial charge is 0.190 e. The number of hydrogen-bond acceptors (Lipinski definition) is 5. The van der Waals surface area contributed by atoms with Gasteiger partial charge in [0.2, 0.25) is 0 Å². The molecule has 1 aromatic carbocycles. The van der Waals surface area contributed by atoms with E-state index in [0.717, 1.165) is 28.5 Å². The van der Waals surface area contributed by atoms with E-state index in [-0.39, 0.29) is 0 Å². The number of anilines is 1. The summed E-state index contributed by atoms with van der Waals surface area (Å²) in [6.45, 7) is 1.05. The number of hydrogen-bond donors (Lipinski definition) is 1. The van der Waals surface area contributed by atoms with Crippen molar-refractivity contribution < 1.29 is 0 Å². The van der Waals surface area contributed by atoms with Crippen LogP contribution in [0.3, 0.4) is 0 Å². The first-order chi connectivity index (χ1) is 9.42. The third-order valence-corrected chi connectivity index (χ3v) is 4.36. The summed E-state index contributed by atoms with van der Waals surface area (Å²) in [4.78, 5) is 14.1. The summed E-state index contributed by atoms with van der Waals surface area (Å²) in [6, 6.07) is 6.37. The molecule has 1 N–H and O–H groups in total. The second-order valence-electron chi connectivity index (χ2n) is 4.57. The van der Waals surface area contributed by atoms with Crippen molar-refractivity contribution in [2.45, 2.75) is 12.8 Å². The van der Waals surface area contributed by atoms with Crippen LogP contribution >= 0.6 is 11.3 Å². The molecule has 0 radical (unpaired) electrons. The summed E-state index contributed by atoms with van der Waals surface area (Å²) in [5, 5.41) is 4.47. The van der Waals surface area contributed by atoms with E-state index in [1.165, 1.54) is 23.2 Å². The van der Waals surface area contributed by atoms with E-state index in [0.29, 0.717) is 0 Å². The Morgan fingerprint density at radius 3 is 3.05 bits per heavy atom. The lowest BCUT2D eigenvalue weighted by molar-refractivity contribution is 0.832. The fourth-order valence-corrected chi connectivity index (χ4v) is 3.42. The van der Waals surface area contributed by atoms with Gasteiger partial charge >= 0.3 is 0 Å². The second kappa shape index (κ2) is 4.28. The Bertz CT molecular complexity index is 717. The van der Waals surface area contributed by atoms with Crippen LogP contribution in [-0.2, 0) is 6.42 Å². The number of nitrogens with zero attached hydrogens (tertiary/aromatic N) is 3. The highest BCUT2D eigenvalue weighted by molar-refractivity contribution is 7.21.